The number of imide groups is 1. The highest BCUT2D eigenvalue weighted by Crippen LogP contribution is 2.21. The number of benzene rings is 1. The van der Waals surface area contributed by atoms with Crippen molar-refractivity contribution in [3.05, 3.63) is 24.3 Å². The Morgan fingerprint density at radius 2 is 1.60 bits per heavy atom. The number of amides is 2. The van der Waals surface area contributed by atoms with E-state index >= 15 is 0 Å². The second-order valence-electron chi connectivity index (χ2n) is 8.33. The Labute approximate surface area is 188 Å². The average molecular weight is 479 g/mol. The van der Waals surface area contributed by atoms with Gasteiger partial charge in [0.2, 0.25) is 11.8 Å². The van der Waals surface area contributed by atoms with Crippen LogP contribution in [0.2, 0.25) is 0 Å². The SMILES string of the molecule is O=C1CCC(Nc2ccc(N3CCN(CCCCCCCCBr)CC3)cc2)C(=O)N1. The minimum Gasteiger partial charge on any atom is -0.374 e. The van der Waals surface area contributed by atoms with Crippen LogP contribution in [-0.2, 0) is 9.59 Å². The van der Waals surface area contributed by atoms with Crippen molar-refractivity contribution in [3.63, 3.8) is 0 Å². The highest BCUT2D eigenvalue weighted by Gasteiger charge is 2.26. The van der Waals surface area contributed by atoms with Gasteiger partial charge in [0.25, 0.3) is 0 Å². The molecule has 2 aliphatic heterocycles. The van der Waals surface area contributed by atoms with Gasteiger partial charge in [0.05, 0.1) is 0 Å². The van der Waals surface area contributed by atoms with Gasteiger partial charge in [0, 0.05) is 49.3 Å². The molecule has 2 amide bonds. The number of piperidine rings is 1. The Balaban J connectivity index is 1.34. The van der Waals surface area contributed by atoms with Crippen molar-refractivity contribution >= 4 is 39.1 Å². The monoisotopic (exact) mass is 478 g/mol. The van der Waals surface area contributed by atoms with Crippen molar-refractivity contribution in [1.82, 2.24) is 10.2 Å². The van der Waals surface area contributed by atoms with Crippen LogP contribution in [0, 0.1) is 0 Å². The summed E-state index contributed by atoms with van der Waals surface area (Å²) in [5.41, 5.74) is 2.15. The summed E-state index contributed by atoms with van der Waals surface area (Å²) in [7, 11) is 0. The minimum atomic E-state index is -0.332. The average Bonchev–Trinajstić information content (AvgIpc) is 2.76. The highest BCUT2D eigenvalue weighted by atomic mass is 79.9. The molecule has 2 heterocycles. The molecule has 30 heavy (non-hydrogen) atoms. The van der Waals surface area contributed by atoms with E-state index in [2.05, 4.69) is 48.5 Å². The summed E-state index contributed by atoms with van der Waals surface area (Å²) in [6.07, 6.45) is 8.99. The van der Waals surface area contributed by atoms with E-state index in [-0.39, 0.29) is 17.9 Å². The quantitative estimate of drug-likeness (QED) is 0.288. The molecule has 0 bridgehead atoms. The molecular weight excluding hydrogens is 444 g/mol. The molecule has 7 heteroatoms. The summed E-state index contributed by atoms with van der Waals surface area (Å²) in [5.74, 6) is -0.414. The minimum absolute atomic E-state index is 0.183. The fourth-order valence-electron chi connectivity index (χ4n) is 4.17. The smallest absolute Gasteiger partial charge is 0.249 e. The second kappa shape index (κ2) is 12.3. The fourth-order valence-corrected chi connectivity index (χ4v) is 4.56. The van der Waals surface area contributed by atoms with E-state index in [0.717, 1.165) is 37.2 Å². The van der Waals surface area contributed by atoms with Gasteiger partial charge in [-0.2, -0.15) is 0 Å². The van der Waals surface area contributed by atoms with Crippen LogP contribution in [0.1, 0.15) is 51.4 Å². The number of alkyl halides is 1. The molecule has 0 aromatic heterocycles. The van der Waals surface area contributed by atoms with Crippen LogP contribution in [0.4, 0.5) is 11.4 Å². The zero-order chi connectivity index (χ0) is 21.2. The van der Waals surface area contributed by atoms with E-state index in [4.69, 9.17) is 0 Å². The number of piperazine rings is 1. The molecule has 0 aliphatic carbocycles. The van der Waals surface area contributed by atoms with Crippen molar-refractivity contribution in [1.29, 1.82) is 0 Å². The number of anilines is 2. The Kier molecular flexibility index (Phi) is 9.46. The Morgan fingerprint density at radius 1 is 0.933 bits per heavy atom. The number of rotatable bonds is 11. The predicted octanol–water partition coefficient (Wildman–Crippen LogP) is 3.76. The number of nitrogens with one attached hydrogen (secondary N) is 2. The molecule has 2 aliphatic rings. The molecule has 6 nitrogen and oxygen atoms in total. The van der Waals surface area contributed by atoms with Crippen molar-refractivity contribution in [2.24, 2.45) is 0 Å². The molecule has 2 N–H and O–H groups in total. The van der Waals surface area contributed by atoms with Crippen LogP contribution in [0.25, 0.3) is 0 Å². The second-order valence-corrected chi connectivity index (χ2v) is 9.13. The van der Waals surface area contributed by atoms with Crippen LogP contribution in [0.3, 0.4) is 0 Å². The molecular formula is C23H35BrN4O2. The van der Waals surface area contributed by atoms with E-state index in [1.807, 2.05) is 12.1 Å². The molecule has 0 saturated carbocycles. The standard InChI is InChI=1S/C23H35BrN4O2/c24-13-5-3-1-2-4-6-14-27-15-17-28(18-16-27)20-9-7-19(8-10-20)25-21-11-12-22(29)26-23(21)30/h7-10,21,25H,1-6,11-18H2,(H,26,29,30). The molecule has 3 rings (SSSR count). The van der Waals surface area contributed by atoms with Crippen molar-refractivity contribution < 1.29 is 9.59 Å². The lowest BCUT2D eigenvalue weighted by Crippen LogP contribution is -2.47. The first-order valence-corrected chi connectivity index (χ1v) is 12.5. The number of unbranched alkanes of at least 4 members (excludes halogenated alkanes) is 5. The van der Waals surface area contributed by atoms with Gasteiger partial charge in [-0.25, -0.2) is 0 Å². The molecule has 1 aromatic carbocycles. The third-order valence-corrected chi connectivity index (χ3v) is 6.60. The van der Waals surface area contributed by atoms with Gasteiger partial charge in [-0.05, 0) is 50.1 Å². The van der Waals surface area contributed by atoms with Crippen LogP contribution < -0.4 is 15.5 Å². The lowest BCUT2D eigenvalue weighted by molar-refractivity contribution is -0.133. The molecule has 0 radical (unpaired) electrons. The summed E-state index contributed by atoms with van der Waals surface area (Å²) < 4.78 is 0. The van der Waals surface area contributed by atoms with Crippen molar-refractivity contribution in [2.45, 2.75) is 57.4 Å². The summed E-state index contributed by atoms with van der Waals surface area (Å²) in [6.45, 7) is 5.59. The zero-order valence-electron chi connectivity index (χ0n) is 17.9. The Morgan fingerprint density at radius 3 is 2.27 bits per heavy atom. The van der Waals surface area contributed by atoms with E-state index in [0.29, 0.717) is 12.8 Å². The van der Waals surface area contributed by atoms with Crippen LogP contribution in [-0.4, -0.2) is 60.8 Å². The van der Waals surface area contributed by atoms with Crippen LogP contribution in [0.15, 0.2) is 24.3 Å². The molecule has 166 valence electrons. The maximum absolute atomic E-state index is 11.9. The normalized spacial score (nSPS) is 20.3. The van der Waals surface area contributed by atoms with Gasteiger partial charge in [-0.15, -0.1) is 0 Å². The zero-order valence-corrected chi connectivity index (χ0v) is 19.5. The van der Waals surface area contributed by atoms with Gasteiger partial charge in [-0.3, -0.25) is 19.8 Å². The van der Waals surface area contributed by atoms with Gasteiger partial charge >= 0.3 is 0 Å². The van der Waals surface area contributed by atoms with E-state index in [1.165, 1.54) is 50.8 Å². The lowest BCUT2D eigenvalue weighted by Gasteiger charge is -2.36. The van der Waals surface area contributed by atoms with Crippen molar-refractivity contribution in [2.75, 3.05) is 48.3 Å². The third-order valence-electron chi connectivity index (χ3n) is 6.04. The Bertz CT molecular complexity index is 674. The summed E-state index contributed by atoms with van der Waals surface area (Å²) in [5, 5.41) is 6.77. The first-order valence-electron chi connectivity index (χ1n) is 11.4. The largest absolute Gasteiger partial charge is 0.374 e. The van der Waals surface area contributed by atoms with Crippen LogP contribution in [0.5, 0.6) is 0 Å². The molecule has 1 unspecified atom stereocenters. The Hall–Kier alpha value is -1.60. The molecule has 2 fully saturated rings. The third kappa shape index (κ3) is 7.27. The fraction of sp³-hybridized carbons (Fsp3) is 0.652. The van der Waals surface area contributed by atoms with Gasteiger partial charge in [0.15, 0.2) is 0 Å². The topological polar surface area (TPSA) is 64.7 Å². The predicted molar refractivity (Wildman–Crippen MR) is 126 cm³/mol. The number of hydrogen-bond acceptors (Lipinski definition) is 5. The molecule has 1 aromatic rings. The first kappa shape index (κ1) is 23.1. The number of hydrogen-bond donors (Lipinski definition) is 2. The van der Waals surface area contributed by atoms with E-state index in [9.17, 15) is 9.59 Å². The summed E-state index contributed by atoms with van der Waals surface area (Å²) >= 11 is 3.49. The highest BCUT2D eigenvalue weighted by molar-refractivity contribution is 9.09. The number of carbonyl (C=O) groups excluding carboxylic acids is 2. The number of carbonyl (C=O) groups is 2. The van der Waals surface area contributed by atoms with Crippen molar-refractivity contribution in [3.8, 4) is 0 Å². The van der Waals surface area contributed by atoms with Gasteiger partial charge in [-0.1, -0.05) is 41.6 Å². The van der Waals surface area contributed by atoms with E-state index < -0.39 is 0 Å². The number of halogens is 1. The molecule has 0 spiro atoms. The molecule has 2 saturated heterocycles. The van der Waals surface area contributed by atoms with E-state index in [1.54, 1.807) is 0 Å². The van der Waals surface area contributed by atoms with Gasteiger partial charge in [0.1, 0.15) is 6.04 Å². The van der Waals surface area contributed by atoms with Crippen LogP contribution >= 0.6 is 15.9 Å². The lowest BCUT2D eigenvalue weighted by atomic mass is 10.1. The summed E-state index contributed by atoms with van der Waals surface area (Å²) in [6, 6.07) is 7.97. The maximum atomic E-state index is 11.9. The first-order chi connectivity index (χ1) is 14.7. The summed E-state index contributed by atoms with van der Waals surface area (Å²) in [4.78, 5) is 28.2. The van der Waals surface area contributed by atoms with Gasteiger partial charge < -0.3 is 10.2 Å². The maximum Gasteiger partial charge on any atom is 0.249 e. The number of nitrogens with zero attached hydrogens (tertiary/aromatic N) is 2. The molecule has 1 atom stereocenters.